The van der Waals surface area contributed by atoms with Crippen LogP contribution in [-0.4, -0.2) is 25.4 Å². The Bertz CT molecular complexity index is 481. The predicted octanol–water partition coefficient (Wildman–Crippen LogP) is 0.898. The van der Waals surface area contributed by atoms with Crippen LogP contribution in [0.5, 0.6) is 0 Å². The molecule has 0 saturated heterocycles. The topological polar surface area (TPSA) is 29.1 Å². The third kappa shape index (κ3) is 3.60. The van der Waals surface area contributed by atoms with Crippen molar-refractivity contribution in [2.24, 2.45) is 0 Å². The van der Waals surface area contributed by atoms with Crippen LogP contribution in [-0.2, 0) is 58.6 Å². The average molecular weight is 500 g/mol. The van der Waals surface area contributed by atoms with Gasteiger partial charge in [0.25, 0.3) is 0 Å². The largest absolute Gasteiger partial charge is 0.371 e. The minimum Gasteiger partial charge on any atom is -0.371 e. The fourth-order valence-corrected chi connectivity index (χ4v) is 2.14. The van der Waals surface area contributed by atoms with Gasteiger partial charge in [-0.3, -0.25) is 22.5 Å². The summed E-state index contributed by atoms with van der Waals surface area (Å²) in [6.07, 6.45) is 0. The van der Waals surface area contributed by atoms with Gasteiger partial charge in [0.1, 0.15) is 7.85 Å². The molecule has 1 aromatic carbocycles. The Hall–Kier alpha value is 0.637. The van der Waals surface area contributed by atoms with Gasteiger partial charge < -0.3 is 5.32 Å². The van der Waals surface area contributed by atoms with Gasteiger partial charge in [-0.05, 0) is 11.7 Å². The molecular weight excluding hydrogens is 490 g/mol. The van der Waals surface area contributed by atoms with Crippen molar-refractivity contribution >= 4 is 32.0 Å². The summed E-state index contributed by atoms with van der Waals surface area (Å²) in [5.74, 6) is -0.125. The third-order valence-corrected chi connectivity index (χ3v) is 2.97. The van der Waals surface area contributed by atoms with Crippen molar-refractivity contribution in [3.8, 4) is 0 Å². The molecule has 0 aliphatic carbocycles. The van der Waals surface area contributed by atoms with Crippen molar-refractivity contribution in [2.75, 3.05) is 5.75 Å². The zero-order valence-corrected chi connectivity index (χ0v) is 16.5. The normalized spacial score (nSPS) is 17.9. The molecule has 1 aliphatic rings. The van der Waals surface area contributed by atoms with Gasteiger partial charge in [0.2, 0.25) is 0 Å². The van der Waals surface area contributed by atoms with E-state index >= 15 is 0 Å². The van der Waals surface area contributed by atoms with Crippen LogP contribution in [0.1, 0.15) is 11.1 Å². The molecular formula is C12H10BNOSWY-2. The van der Waals surface area contributed by atoms with Gasteiger partial charge in [-0.1, -0.05) is 0 Å². The number of benzene rings is 1. The molecule has 2 rings (SSSR count). The summed E-state index contributed by atoms with van der Waals surface area (Å²) < 4.78 is 0. The first-order valence-corrected chi connectivity index (χ1v) is 5.57. The number of nitrogens with one attached hydrogen (secondary N) is 1. The Morgan fingerprint density at radius 2 is 2.22 bits per heavy atom. The van der Waals surface area contributed by atoms with Gasteiger partial charge in [-0.25, -0.2) is 17.7 Å². The maximum atomic E-state index is 11.8. The van der Waals surface area contributed by atoms with E-state index in [-0.39, 0.29) is 59.7 Å². The number of amides is 1. The summed E-state index contributed by atoms with van der Waals surface area (Å²) in [5, 5.41) is 2.68. The van der Waals surface area contributed by atoms with Crippen LogP contribution in [0, 0.1) is 19.1 Å². The molecule has 0 bridgehead atoms. The van der Waals surface area contributed by atoms with Gasteiger partial charge in [-0.2, -0.15) is 12.6 Å². The summed E-state index contributed by atoms with van der Waals surface area (Å²) in [5.41, 5.74) is 3.17. The molecule has 0 aromatic heterocycles. The summed E-state index contributed by atoms with van der Waals surface area (Å²) >= 11 is 4.21. The van der Waals surface area contributed by atoms with Crippen LogP contribution in [0.4, 0.5) is 0 Å². The Kier molecular flexibility index (Phi) is 8.33. The summed E-state index contributed by atoms with van der Waals surface area (Å²) in [6.45, 7) is 1.92. The Morgan fingerprint density at radius 1 is 1.56 bits per heavy atom. The van der Waals surface area contributed by atoms with E-state index in [1.54, 1.807) is 6.07 Å². The number of hydrogen-bond donors (Lipinski definition) is 2. The molecule has 2 nitrogen and oxygen atoms in total. The number of hydrogen-bond acceptors (Lipinski definition) is 2. The zero-order chi connectivity index (χ0) is 11.7. The van der Waals surface area contributed by atoms with Gasteiger partial charge >= 0.3 is 0 Å². The van der Waals surface area contributed by atoms with Crippen molar-refractivity contribution < 1.29 is 58.6 Å². The molecule has 1 atom stereocenters. The van der Waals surface area contributed by atoms with Crippen molar-refractivity contribution in [1.82, 2.24) is 5.32 Å². The predicted molar refractivity (Wildman–Crippen MR) is 67.3 cm³/mol. The second-order valence-corrected chi connectivity index (χ2v) is 3.98. The summed E-state index contributed by atoms with van der Waals surface area (Å²) in [7, 11) is 5.80. The number of carbonyl (C=O) groups excluding carboxylic acids is 1. The minimum atomic E-state index is -0.433. The van der Waals surface area contributed by atoms with Crippen LogP contribution < -0.4 is 5.32 Å². The third-order valence-electron chi connectivity index (χ3n) is 2.62. The standard InChI is InChI=1S/C12H10BNOS.W.Y/c1-7-4-2-3-5-8(7)10-9(6-16)11(13)14-12(10)15;;/h3-4,11,16H,6H2,1H3,(H,14,15);;/q-2;;. The van der Waals surface area contributed by atoms with Crippen LogP contribution in [0.2, 0.25) is 0 Å². The number of thiol groups is 1. The number of carbonyl (C=O) groups is 1. The molecule has 0 fully saturated rings. The van der Waals surface area contributed by atoms with Gasteiger partial charge in [0, 0.05) is 53.8 Å². The molecule has 1 heterocycles. The van der Waals surface area contributed by atoms with E-state index in [1.807, 2.05) is 13.0 Å². The molecule has 18 heavy (non-hydrogen) atoms. The Morgan fingerprint density at radius 3 is 2.78 bits per heavy atom. The van der Waals surface area contributed by atoms with E-state index in [1.165, 1.54) is 0 Å². The molecule has 0 spiro atoms. The molecule has 1 aromatic rings. The van der Waals surface area contributed by atoms with E-state index in [0.29, 0.717) is 11.3 Å². The number of rotatable bonds is 2. The van der Waals surface area contributed by atoms with Crippen molar-refractivity contribution in [3.05, 3.63) is 41.0 Å². The van der Waals surface area contributed by atoms with E-state index in [2.05, 4.69) is 30.1 Å². The zero-order valence-electron chi connectivity index (χ0n) is 9.86. The quantitative estimate of drug-likeness (QED) is 0.353. The number of aryl methyl sites for hydroxylation is 1. The molecule has 1 aliphatic heterocycles. The van der Waals surface area contributed by atoms with Crippen molar-refractivity contribution in [1.29, 1.82) is 0 Å². The maximum Gasteiger partial charge on any atom is 0.168 e. The Labute approximate surface area is 154 Å². The monoisotopic (exact) mass is 500 g/mol. The van der Waals surface area contributed by atoms with E-state index < -0.39 is 5.94 Å². The SMILES string of the molecule is [B]C1NC(=O)C(c2[c-]c[c-]cc2C)=C1CS.[W].[Y]. The average Bonchev–Trinajstić information content (AvgIpc) is 2.54. The minimum absolute atomic E-state index is 0. The van der Waals surface area contributed by atoms with E-state index in [9.17, 15) is 4.79 Å². The molecule has 1 N–H and O–H groups in total. The van der Waals surface area contributed by atoms with Crippen LogP contribution in [0.15, 0.2) is 17.7 Å². The van der Waals surface area contributed by atoms with Crippen molar-refractivity contribution in [3.63, 3.8) is 0 Å². The molecule has 89 valence electrons. The second kappa shape index (κ2) is 8.04. The van der Waals surface area contributed by atoms with Crippen molar-refractivity contribution in [2.45, 2.75) is 12.9 Å². The Balaban J connectivity index is 0.00000144. The summed E-state index contributed by atoms with van der Waals surface area (Å²) in [4.78, 5) is 11.8. The first-order valence-electron chi connectivity index (χ1n) is 4.94. The second-order valence-electron chi connectivity index (χ2n) is 3.67. The molecule has 1 amide bonds. The van der Waals surface area contributed by atoms with Crippen LogP contribution in [0.3, 0.4) is 0 Å². The molecule has 1 unspecified atom stereocenters. The fraction of sp³-hybridized carbons (Fsp3) is 0.250. The fourth-order valence-electron chi connectivity index (χ4n) is 1.79. The first kappa shape index (κ1) is 18.6. The van der Waals surface area contributed by atoms with Gasteiger partial charge in [0.15, 0.2) is 5.91 Å². The molecule has 0 saturated carbocycles. The first-order chi connectivity index (χ1) is 7.65. The van der Waals surface area contributed by atoms with Crippen LogP contribution >= 0.6 is 12.6 Å². The van der Waals surface area contributed by atoms with Crippen LogP contribution in [0.25, 0.3) is 5.57 Å². The van der Waals surface area contributed by atoms with E-state index in [0.717, 1.165) is 16.7 Å². The smallest absolute Gasteiger partial charge is 0.168 e. The summed E-state index contributed by atoms with van der Waals surface area (Å²) in [6, 6.07) is 9.45. The maximum absolute atomic E-state index is 11.8. The van der Waals surface area contributed by atoms with E-state index in [4.69, 9.17) is 7.85 Å². The van der Waals surface area contributed by atoms with Gasteiger partial charge in [-0.15, -0.1) is 18.1 Å². The molecule has 6 heteroatoms. The molecule has 3 radical (unpaired) electrons. The van der Waals surface area contributed by atoms with Gasteiger partial charge in [0.05, 0.1) is 0 Å².